The molecule has 0 bridgehead atoms. The molecule has 0 saturated carbocycles. The van der Waals surface area contributed by atoms with Crippen LogP contribution in [0, 0.1) is 5.82 Å². The van der Waals surface area contributed by atoms with E-state index in [1.165, 1.54) is 12.1 Å². The van der Waals surface area contributed by atoms with Gasteiger partial charge in [0.2, 0.25) is 0 Å². The maximum atomic E-state index is 13.6. The number of halogens is 2. The molecule has 0 amide bonds. The first-order valence-corrected chi connectivity index (χ1v) is 7.26. The smallest absolute Gasteiger partial charge is 0.129 e. The highest BCUT2D eigenvalue weighted by Crippen LogP contribution is 2.19. The molecule has 0 radical (unpaired) electrons. The van der Waals surface area contributed by atoms with E-state index in [9.17, 15) is 9.50 Å². The van der Waals surface area contributed by atoms with Crippen molar-refractivity contribution in [2.24, 2.45) is 0 Å². The molecule has 4 heteroatoms. The molecule has 0 spiro atoms. The minimum atomic E-state index is -0.326. The zero-order chi connectivity index (χ0) is 15.2. The molecule has 0 fully saturated rings. The Labute approximate surface area is 129 Å². The maximum Gasteiger partial charge on any atom is 0.129 e. The van der Waals surface area contributed by atoms with Gasteiger partial charge in [-0.05, 0) is 55.7 Å². The third-order valence-electron chi connectivity index (χ3n) is 3.18. The number of benzene rings is 2. The van der Waals surface area contributed by atoms with Crippen molar-refractivity contribution >= 4 is 11.6 Å². The molecule has 2 nitrogen and oxygen atoms in total. The summed E-state index contributed by atoms with van der Waals surface area (Å²) in [5, 5.41) is 9.75. The van der Waals surface area contributed by atoms with Crippen LogP contribution in [0.4, 0.5) is 4.39 Å². The number of aliphatic hydroxyl groups excluding tert-OH is 1. The summed E-state index contributed by atoms with van der Waals surface area (Å²) in [6, 6.07) is 12.0. The lowest BCUT2D eigenvalue weighted by molar-refractivity contribution is 0.185. The molecule has 1 unspecified atom stereocenters. The summed E-state index contributed by atoms with van der Waals surface area (Å²) in [5.41, 5.74) is 1.57. The van der Waals surface area contributed by atoms with Gasteiger partial charge in [-0.15, -0.1) is 0 Å². The Morgan fingerprint density at radius 1 is 1.19 bits per heavy atom. The molecule has 1 N–H and O–H groups in total. The molecule has 2 rings (SSSR count). The van der Waals surface area contributed by atoms with Crippen molar-refractivity contribution in [1.82, 2.24) is 0 Å². The van der Waals surface area contributed by atoms with Gasteiger partial charge in [0, 0.05) is 10.6 Å². The topological polar surface area (TPSA) is 29.5 Å². The number of aryl methyl sites for hydroxylation is 1. The fourth-order valence-electron chi connectivity index (χ4n) is 1.94. The van der Waals surface area contributed by atoms with Gasteiger partial charge in [-0.3, -0.25) is 0 Å². The van der Waals surface area contributed by atoms with Crippen LogP contribution in [-0.4, -0.2) is 11.2 Å². The lowest BCUT2D eigenvalue weighted by Gasteiger charge is -2.09. The van der Waals surface area contributed by atoms with Crippen LogP contribution in [0.5, 0.6) is 5.75 Å². The van der Waals surface area contributed by atoms with Gasteiger partial charge in [-0.2, -0.15) is 0 Å². The van der Waals surface area contributed by atoms with Crippen LogP contribution in [0.15, 0.2) is 42.5 Å². The summed E-state index contributed by atoms with van der Waals surface area (Å²) in [5.74, 6) is 0.350. The largest absolute Gasteiger partial charge is 0.489 e. The van der Waals surface area contributed by atoms with E-state index in [1.54, 1.807) is 13.0 Å². The van der Waals surface area contributed by atoms with E-state index in [0.29, 0.717) is 16.3 Å². The van der Waals surface area contributed by atoms with Crippen molar-refractivity contribution in [3.8, 4) is 5.75 Å². The van der Waals surface area contributed by atoms with E-state index in [4.69, 9.17) is 16.3 Å². The number of ether oxygens (including phenoxy) is 1. The van der Waals surface area contributed by atoms with Gasteiger partial charge in [0.25, 0.3) is 0 Å². The predicted octanol–water partition coefficient (Wildman–Crippen LogP) is 4.37. The lowest BCUT2D eigenvalue weighted by Crippen LogP contribution is -2.01. The third-order valence-corrected chi connectivity index (χ3v) is 3.41. The van der Waals surface area contributed by atoms with Gasteiger partial charge >= 0.3 is 0 Å². The molecule has 0 heterocycles. The average Bonchev–Trinajstić information content (AvgIpc) is 2.47. The van der Waals surface area contributed by atoms with Gasteiger partial charge in [0.1, 0.15) is 18.2 Å². The summed E-state index contributed by atoms with van der Waals surface area (Å²) >= 11 is 5.84. The predicted molar refractivity (Wildman–Crippen MR) is 82.2 cm³/mol. The summed E-state index contributed by atoms with van der Waals surface area (Å²) in [4.78, 5) is 0. The van der Waals surface area contributed by atoms with Crippen molar-refractivity contribution in [1.29, 1.82) is 0 Å². The third kappa shape index (κ3) is 5.03. The van der Waals surface area contributed by atoms with E-state index < -0.39 is 0 Å². The van der Waals surface area contributed by atoms with Gasteiger partial charge in [0.05, 0.1) is 6.10 Å². The molecule has 0 aromatic heterocycles. The van der Waals surface area contributed by atoms with E-state index in [2.05, 4.69) is 0 Å². The van der Waals surface area contributed by atoms with Gasteiger partial charge in [-0.25, -0.2) is 4.39 Å². The normalized spacial score (nSPS) is 12.2. The zero-order valence-electron chi connectivity index (χ0n) is 11.9. The molecular formula is C17H18ClFO2. The molecule has 112 valence electrons. The van der Waals surface area contributed by atoms with Crippen molar-refractivity contribution < 1.29 is 14.2 Å². The van der Waals surface area contributed by atoms with E-state index >= 15 is 0 Å². The first-order chi connectivity index (χ1) is 10.0. The fourth-order valence-corrected chi connectivity index (χ4v) is 2.14. The van der Waals surface area contributed by atoms with Crippen LogP contribution in [0.2, 0.25) is 5.02 Å². The summed E-state index contributed by atoms with van der Waals surface area (Å²) < 4.78 is 19.1. The summed E-state index contributed by atoms with van der Waals surface area (Å²) in [6.07, 6.45) is 1.25. The van der Waals surface area contributed by atoms with Crippen LogP contribution in [0.25, 0.3) is 0 Å². The Kier molecular flexibility index (Phi) is 5.59. The maximum absolute atomic E-state index is 13.6. The number of hydrogen-bond donors (Lipinski definition) is 1. The Balaban J connectivity index is 1.93. The van der Waals surface area contributed by atoms with E-state index in [0.717, 1.165) is 18.4 Å². The van der Waals surface area contributed by atoms with Crippen LogP contribution in [-0.2, 0) is 13.0 Å². The van der Waals surface area contributed by atoms with E-state index in [1.807, 2.05) is 24.3 Å². The van der Waals surface area contributed by atoms with Gasteiger partial charge in [-0.1, -0.05) is 23.7 Å². The molecule has 0 aliphatic carbocycles. The fraction of sp³-hybridized carbons (Fsp3) is 0.294. The standard InChI is InChI=1S/C17H18ClFO2/c1-12(20)2-3-13-4-7-16(8-5-13)21-11-14-10-15(18)6-9-17(14)19/h4-10,12,20H,2-3,11H2,1H3. The van der Waals surface area contributed by atoms with Gasteiger partial charge in [0.15, 0.2) is 0 Å². The molecule has 2 aromatic carbocycles. The average molecular weight is 309 g/mol. The number of rotatable bonds is 6. The minimum Gasteiger partial charge on any atom is -0.489 e. The minimum absolute atomic E-state index is 0.138. The van der Waals surface area contributed by atoms with Crippen molar-refractivity contribution in [2.45, 2.75) is 32.5 Å². The Hall–Kier alpha value is -1.58. The molecule has 0 aliphatic heterocycles. The molecule has 1 atom stereocenters. The van der Waals surface area contributed by atoms with Crippen LogP contribution < -0.4 is 4.74 Å². The molecular weight excluding hydrogens is 291 g/mol. The van der Waals surface area contributed by atoms with Crippen molar-refractivity contribution in [3.63, 3.8) is 0 Å². The lowest BCUT2D eigenvalue weighted by atomic mass is 10.1. The SMILES string of the molecule is CC(O)CCc1ccc(OCc2cc(Cl)ccc2F)cc1. The molecule has 0 saturated heterocycles. The van der Waals surface area contributed by atoms with Crippen LogP contribution in [0.1, 0.15) is 24.5 Å². The molecule has 0 aliphatic rings. The highest BCUT2D eigenvalue weighted by atomic mass is 35.5. The summed E-state index contributed by atoms with van der Waals surface area (Å²) in [7, 11) is 0. The second kappa shape index (κ2) is 7.43. The highest BCUT2D eigenvalue weighted by molar-refractivity contribution is 6.30. The zero-order valence-corrected chi connectivity index (χ0v) is 12.6. The summed E-state index contributed by atoms with van der Waals surface area (Å²) in [6.45, 7) is 1.91. The second-order valence-corrected chi connectivity index (χ2v) is 5.49. The monoisotopic (exact) mass is 308 g/mol. The van der Waals surface area contributed by atoms with Crippen molar-refractivity contribution in [3.05, 3.63) is 64.4 Å². The molecule has 21 heavy (non-hydrogen) atoms. The van der Waals surface area contributed by atoms with Crippen LogP contribution in [0.3, 0.4) is 0 Å². The second-order valence-electron chi connectivity index (χ2n) is 5.06. The molecule has 2 aromatic rings. The van der Waals surface area contributed by atoms with E-state index in [-0.39, 0.29) is 18.5 Å². The Morgan fingerprint density at radius 2 is 1.90 bits per heavy atom. The first kappa shape index (κ1) is 15.8. The Bertz CT molecular complexity index is 582. The van der Waals surface area contributed by atoms with Crippen LogP contribution >= 0.6 is 11.6 Å². The number of hydrogen-bond acceptors (Lipinski definition) is 2. The number of aliphatic hydroxyl groups is 1. The highest BCUT2D eigenvalue weighted by Gasteiger charge is 2.04. The quantitative estimate of drug-likeness (QED) is 0.858. The van der Waals surface area contributed by atoms with Gasteiger partial charge < -0.3 is 9.84 Å². The first-order valence-electron chi connectivity index (χ1n) is 6.88. The van der Waals surface area contributed by atoms with Crippen molar-refractivity contribution in [2.75, 3.05) is 0 Å². The Morgan fingerprint density at radius 3 is 2.57 bits per heavy atom.